The van der Waals surface area contributed by atoms with Gasteiger partial charge in [0.05, 0.1) is 37.0 Å². The van der Waals surface area contributed by atoms with Gasteiger partial charge in [0.2, 0.25) is 23.6 Å². The lowest BCUT2D eigenvalue weighted by atomic mass is 9.87. The van der Waals surface area contributed by atoms with Crippen LogP contribution in [0.4, 0.5) is 27.7 Å². The molecule has 2 aromatic carbocycles. The number of benzene rings is 2. The molecule has 2 aromatic heterocycles. The number of nitrogens with one attached hydrogen (secondary N) is 6. The van der Waals surface area contributed by atoms with Gasteiger partial charge in [-0.3, -0.25) is 38.7 Å². The predicted octanol–water partition coefficient (Wildman–Crippen LogP) is -3.30. The highest BCUT2D eigenvalue weighted by Gasteiger charge is 2.48. The second-order valence-corrected chi connectivity index (χ2v) is 20.2. The van der Waals surface area contributed by atoms with Crippen molar-refractivity contribution in [2.45, 2.75) is 132 Å². The largest absolute Gasteiger partial charge is 0.444 e. The first kappa shape index (κ1) is 63.4. The van der Waals surface area contributed by atoms with Crippen molar-refractivity contribution in [3.05, 3.63) is 108 Å². The average molecular weight is 1150 g/mol. The maximum Gasteiger partial charge on any atom is 0.414 e. The van der Waals surface area contributed by atoms with Crippen LogP contribution in [0, 0.1) is 0 Å². The van der Waals surface area contributed by atoms with Crippen molar-refractivity contribution in [1.29, 1.82) is 0 Å². The van der Waals surface area contributed by atoms with E-state index in [1.807, 2.05) is 37.4 Å². The minimum absolute atomic E-state index is 0.179. The summed E-state index contributed by atoms with van der Waals surface area (Å²) < 4.78 is 16.2. The number of pyridine rings is 2. The molecule has 1 fully saturated rings. The third-order valence-corrected chi connectivity index (χ3v) is 13.4. The molecule has 0 saturated carbocycles. The lowest BCUT2D eigenvalue weighted by molar-refractivity contribution is -0.326. The molecule has 29 heteroatoms. The van der Waals surface area contributed by atoms with Gasteiger partial charge in [0.15, 0.2) is 12.4 Å². The van der Waals surface area contributed by atoms with E-state index in [1.165, 1.54) is 17.0 Å². The third kappa shape index (κ3) is 16.0. The van der Waals surface area contributed by atoms with E-state index in [-0.39, 0.29) is 18.8 Å². The summed E-state index contributed by atoms with van der Waals surface area (Å²) in [7, 11) is 0. The van der Waals surface area contributed by atoms with Crippen LogP contribution in [0.25, 0.3) is 0 Å². The Morgan fingerprint density at radius 1 is 0.793 bits per heavy atom. The Hall–Kier alpha value is -7.81. The second-order valence-electron chi connectivity index (χ2n) is 20.2. The smallest absolute Gasteiger partial charge is 0.414 e. The summed E-state index contributed by atoms with van der Waals surface area (Å²) in [6.07, 6.45) is -17.1. The quantitative estimate of drug-likeness (QED) is 0.0309. The lowest BCUT2D eigenvalue weighted by Crippen LogP contribution is -2.63. The summed E-state index contributed by atoms with van der Waals surface area (Å²) in [4.78, 5) is 102. The number of aliphatic hydroxyl groups excluding tert-OH is 9. The highest BCUT2D eigenvalue weighted by atomic mass is 16.7. The molecule has 13 atom stereocenters. The Labute approximate surface area is 468 Å². The summed E-state index contributed by atoms with van der Waals surface area (Å²) in [5.41, 5.74) is 8.63. The molecule has 0 aliphatic carbocycles. The van der Waals surface area contributed by atoms with Gasteiger partial charge in [0.25, 0.3) is 11.8 Å². The molecule has 17 N–H and O–H groups in total. The fraction of sp³-hybridized carbons (Fsp3) is 0.453. The molecule has 0 spiro atoms. The number of hydrogen-bond donors (Lipinski definition) is 16. The maximum absolute atomic E-state index is 13.7. The molecule has 4 unspecified atom stereocenters. The van der Waals surface area contributed by atoms with E-state index in [1.54, 1.807) is 55.0 Å². The average Bonchev–Trinajstić information content (AvgIpc) is 3.72. The number of aromatic nitrogens is 2. The van der Waals surface area contributed by atoms with Gasteiger partial charge in [-0.1, -0.05) is 32.0 Å². The molecule has 444 valence electrons. The van der Waals surface area contributed by atoms with E-state index in [9.17, 15) is 79.5 Å². The molecule has 0 radical (unpaired) electrons. The molecule has 4 heterocycles. The number of primary amides is 1. The second kappa shape index (κ2) is 28.3. The van der Waals surface area contributed by atoms with Crippen LogP contribution in [0.1, 0.15) is 61.2 Å². The van der Waals surface area contributed by atoms with Crippen molar-refractivity contribution in [1.82, 2.24) is 25.9 Å². The molecular formula is C53H68N10O19. The Morgan fingerprint density at radius 2 is 1.48 bits per heavy atom. The molecule has 2 aliphatic rings. The van der Waals surface area contributed by atoms with E-state index in [0.29, 0.717) is 34.9 Å². The van der Waals surface area contributed by atoms with Gasteiger partial charge in [-0.2, -0.15) is 0 Å². The van der Waals surface area contributed by atoms with Gasteiger partial charge in [0, 0.05) is 48.5 Å². The van der Waals surface area contributed by atoms with Crippen LogP contribution in [0.5, 0.6) is 0 Å². The van der Waals surface area contributed by atoms with Crippen molar-refractivity contribution >= 4 is 64.4 Å². The summed E-state index contributed by atoms with van der Waals surface area (Å²) in [5.74, 6) is -5.86. The van der Waals surface area contributed by atoms with E-state index in [0.717, 1.165) is 25.0 Å². The fourth-order valence-corrected chi connectivity index (χ4v) is 8.78. The standard InChI is InChI=1S/C53H68N10O19/c1-25(58-49(77)38(26(2)66)62-50(78)42(72)41(71)44(35(67)21-64)82-51-43(73)40(70)39(69)36(22-65)81-51)46(74)61-33(19-37(54)68)48(76)59-29-9-7-28(8-10-29)23-80-52(79)63-24-53(3,4)32-12-11-30(18-34(32)63)60-47(75)31-6-5-15-56-45(31)57-20-27-13-16-55-17-14-27/h5-18,25-26,33,35-36,38-44,51,64-67,69-73H,19-24H2,1-4H3,(H2,54,68)(H,56,57)(H,58,77)(H,59,76)(H,60,75)(H,61,74)(H,62,78)/t25?,26?,33?,35-,36-,38?,39+,40+,41+,42-,43-,44+,51+/m1/s1. The molecule has 1 saturated heterocycles. The molecule has 2 aliphatic heterocycles. The maximum atomic E-state index is 13.7. The zero-order valence-corrected chi connectivity index (χ0v) is 44.9. The third-order valence-electron chi connectivity index (χ3n) is 13.4. The molecule has 6 rings (SSSR count). The number of carbonyl (C=O) groups is 7. The van der Waals surface area contributed by atoms with Gasteiger partial charge < -0.3 is 97.8 Å². The highest BCUT2D eigenvalue weighted by molar-refractivity contribution is 6.08. The van der Waals surface area contributed by atoms with Crippen LogP contribution in [-0.2, 0) is 56.7 Å². The van der Waals surface area contributed by atoms with Gasteiger partial charge in [-0.25, -0.2) is 9.78 Å². The predicted molar refractivity (Wildman–Crippen MR) is 287 cm³/mol. The molecule has 82 heavy (non-hydrogen) atoms. The number of nitrogens with two attached hydrogens (primary N) is 1. The summed E-state index contributed by atoms with van der Waals surface area (Å²) in [5, 5.41) is 107. The van der Waals surface area contributed by atoms with Crippen LogP contribution in [-0.4, -0.2) is 197 Å². The number of fused-ring (bicyclic) bond motifs is 1. The van der Waals surface area contributed by atoms with Crippen molar-refractivity contribution in [2.75, 3.05) is 40.6 Å². The number of anilines is 4. The number of ether oxygens (including phenoxy) is 3. The first-order chi connectivity index (χ1) is 38.8. The molecule has 4 aromatic rings. The van der Waals surface area contributed by atoms with Crippen LogP contribution in [0.3, 0.4) is 0 Å². The topological polar surface area (TPSA) is 456 Å². The summed E-state index contributed by atoms with van der Waals surface area (Å²) in [6, 6.07) is 13.1. The van der Waals surface area contributed by atoms with Crippen LogP contribution in [0.15, 0.2) is 85.3 Å². The highest BCUT2D eigenvalue weighted by Crippen LogP contribution is 2.42. The van der Waals surface area contributed by atoms with Crippen molar-refractivity contribution in [2.24, 2.45) is 5.73 Å². The SMILES string of the molecule is CC(NC(=O)C(NC(=O)[C@H](O)[C@H](O)[C@@H](O[C@@H]1O[C@H](CO)[C@H](O)[C@H](O)[C@H]1O)[C@H](O)CO)C(C)O)C(=O)NC(CC(N)=O)C(=O)Nc1ccc(COC(=O)N2CC(C)(C)c3ccc(NC(=O)c4cccnc4NCc4ccncc4)cc32)cc1. The first-order valence-electron chi connectivity index (χ1n) is 25.7. The molecule has 7 amide bonds. The van der Waals surface area contributed by atoms with E-state index in [4.69, 9.17) is 19.9 Å². The van der Waals surface area contributed by atoms with Gasteiger partial charge in [0.1, 0.15) is 73.3 Å². The van der Waals surface area contributed by atoms with E-state index in [2.05, 4.69) is 36.6 Å². The van der Waals surface area contributed by atoms with Crippen LogP contribution in [0.2, 0.25) is 0 Å². The zero-order valence-electron chi connectivity index (χ0n) is 44.9. The Kier molecular flexibility index (Phi) is 21.8. The Bertz CT molecular complexity index is 2880. The molecule has 0 bridgehead atoms. The Balaban J connectivity index is 1.01. The lowest BCUT2D eigenvalue weighted by Gasteiger charge is -2.42. The number of carbonyl (C=O) groups excluding carboxylic acids is 7. The number of aliphatic hydroxyl groups is 9. The summed E-state index contributed by atoms with van der Waals surface area (Å²) >= 11 is 0. The van der Waals surface area contributed by atoms with Gasteiger partial charge >= 0.3 is 6.09 Å². The number of amides is 7. The number of hydrogen-bond acceptors (Lipinski definition) is 22. The number of rotatable bonds is 25. The van der Waals surface area contributed by atoms with Crippen molar-refractivity contribution in [3.8, 4) is 0 Å². The monoisotopic (exact) mass is 1150 g/mol. The van der Waals surface area contributed by atoms with Crippen LogP contribution >= 0.6 is 0 Å². The van der Waals surface area contributed by atoms with Crippen LogP contribution < -0.4 is 42.5 Å². The van der Waals surface area contributed by atoms with Crippen molar-refractivity contribution < 1.29 is 93.7 Å². The minimum Gasteiger partial charge on any atom is -0.444 e. The van der Waals surface area contributed by atoms with Crippen molar-refractivity contribution in [3.63, 3.8) is 0 Å². The first-order valence-corrected chi connectivity index (χ1v) is 25.7. The van der Waals surface area contributed by atoms with Gasteiger partial charge in [-0.15, -0.1) is 0 Å². The van der Waals surface area contributed by atoms with E-state index < -0.39 is 146 Å². The Morgan fingerprint density at radius 3 is 2.12 bits per heavy atom. The minimum atomic E-state index is -2.62. The number of nitrogens with zero attached hydrogens (tertiary/aromatic N) is 3. The van der Waals surface area contributed by atoms with Gasteiger partial charge in [-0.05, 0) is 79.1 Å². The summed E-state index contributed by atoms with van der Waals surface area (Å²) in [6.45, 7) is 4.51. The zero-order chi connectivity index (χ0) is 60.2. The van der Waals surface area contributed by atoms with E-state index >= 15 is 0 Å². The fourth-order valence-electron chi connectivity index (χ4n) is 8.78. The normalized spacial score (nSPS) is 21.1. The molecular weight excluding hydrogens is 1080 g/mol. The molecule has 29 nitrogen and oxygen atoms in total.